The third-order valence-electron chi connectivity index (χ3n) is 3.03. The van der Waals surface area contributed by atoms with Gasteiger partial charge in [-0.25, -0.2) is 4.79 Å². The minimum atomic E-state index is -0.0433. The Morgan fingerprint density at radius 1 is 0.895 bits per heavy atom. The van der Waals surface area contributed by atoms with Crippen LogP contribution in [0.3, 0.4) is 0 Å². The van der Waals surface area contributed by atoms with E-state index in [9.17, 15) is 4.79 Å². The van der Waals surface area contributed by atoms with Crippen LogP contribution in [0, 0.1) is 0 Å². The van der Waals surface area contributed by atoms with Crippen molar-refractivity contribution in [3.63, 3.8) is 0 Å². The molecule has 0 fully saturated rings. The smallest absolute Gasteiger partial charge is 0.214 e. The highest BCUT2D eigenvalue weighted by atomic mass is 79.9. The molecule has 0 saturated heterocycles. The molecule has 2 aromatic carbocycles. The molecule has 0 amide bonds. The van der Waals surface area contributed by atoms with Gasteiger partial charge >= 0.3 is 5.91 Å². The first-order valence-corrected chi connectivity index (χ1v) is 6.74. The van der Waals surface area contributed by atoms with Gasteiger partial charge in [-0.15, -0.1) is 4.57 Å². The average molecular weight is 313 g/mol. The van der Waals surface area contributed by atoms with E-state index >= 15 is 0 Å². The van der Waals surface area contributed by atoms with E-state index in [1.807, 2.05) is 60.8 Å². The van der Waals surface area contributed by atoms with Crippen molar-refractivity contribution in [3.8, 4) is 0 Å². The number of carbonyl (C=O) groups excluding carboxylic acids is 1. The zero-order chi connectivity index (χ0) is 13.2. The van der Waals surface area contributed by atoms with Crippen LogP contribution in [0.2, 0.25) is 0 Å². The molecule has 0 aliphatic rings. The fourth-order valence-corrected chi connectivity index (χ4v) is 2.49. The molecule has 0 atom stereocenters. The molecule has 0 unspecified atom stereocenters. The van der Waals surface area contributed by atoms with Gasteiger partial charge in [-0.3, -0.25) is 0 Å². The highest BCUT2D eigenvalue weighted by Gasteiger charge is 2.19. The quantitative estimate of drug-likeness (QED) is 0.629. The van der Waals surface area contributed by atoms with E-state index < -0.39 is 0 Å². The summed E-state index contributed by atoms with van der Waals surface area (Å²) in [7, 11) is 0. The second kappa shape index (κ2) is 4.94. The van der Waals surface area contributed by atoms with E-state index in [-0.39, 0.29) is 5.91 Å². The summed E-state index contributed by atoms with van der Waals surface area (Å²) in [5.74, 6) is -0.0433. The molecule has 0 spiro atoms. The van der Waals surface area contributed by atoms with Crippen LogP contribution >= 0.6 is 15.9 Å². The zero-order valence-electron chi connectivity index (χ0n) is 10.1. The Morgan fingerprint density at radius 2 is 1.58 bits per heavy atom. The predicted octanol–water partition coefficient (Wildman–Crippen LogP) is 3.58. The van der Waals surface area contributed by atoms with E-state index in [1.54, 1.807) is 10.8 Å². The monoisotopic (exact) mass is 312 g/mol. The standard InChI is InChI=1S/C16H11BrNO/c17-15-8-4-3-7-14(15)16(19)18-10-9-12-5-1-2-6-13(12)11-18/h1-11H/q+1. The minimum absolute atomic E-state index is 0.0433. The Labute approximate surface area is 119 Å². The van der Waals surface area contributed by atoms with Crippen molar-refractivity contribution in [1.29, 1.82) is 0 Å². The van der Waals surface area contributed by atoms with E-state index in [0.29, 0.717) is 5.56 Å². The number of benzene rings is 2. The highest BCUT2D eigenvalue weighted by molar-refractivity contribution is 9.10. The van der Waals surface area contributed by atoms with E-state index in [0.717, 1.165) is 15.2 Å². The molecule has 92 valence electrons. The molecule has 0 aliphatic heterocycles. The summed E-state index contributed by atoms with van der Waals surface area (Å²) in [6.45, 7) is 0. The Bertz CT molecular complexity index is 767. The topological polar surface area (TPSA) is 20.9 Å². The number of hydrogen-bond donors (Lipinski definition) is 0. The SMILES string of the molecule is O=C(c1ccccc1Br)[n+]1ccc2ccccc2c1. The van der Waals surface area contributed by atoms with Gasteiger partial charge < -0.3 is 0 Å². The van der Waals surface area contributed by atoms with Crippen LogP contribution < -0.4 is 4.57 Å². The Balaban J connectivity index is 2.09. The summed E-state index contributed by atoms with van der Waals surface area (Å²) in [6, 6.07) is 17.4. The lowest BCUT2D eigenvalue weighted by atomic mass is 10.1. The summed E-state index contributed by atoms with van der Waals surface area (Å²) in [5.41, 5.74) is 0.655. The fraction of sp³-hybridized carbons (Fsp3) is 0. The van der Waals surface area contributed by atoms with Crippen molar-refractivity contribution < 1.29 is 9.36 Å². The molecule has 0 aliphatic carbocycles. The third-order valence-corrected chi connectivity index (χ3v) is 3.72. The van der Waals surface area contributed by atoms with E-state index in [4.69, 9.17) is 0 Å². The molecule has 2 nitrogen and oxygen atoms in total. The second-order valence-electron chi connectivity index (χ2n) is 4.27. The van der Waals surface area contributed by atoms with Crippen molar-refractivity contribution in [3.05, 3.63) is 77.0 Å². The number of carbonyl (C=O) groups is 1. The molecule has 3 heteroatoms. The van der Waals surface area contributed by atoms with Crippen molar-refractivity contribution in [2.45, 2.75) is 0 Å². The maximum Gasteiger partial charge on any atom is 0.425 e. The summed E-state index contributed by atoms with van der Waals surface area (Å²) in [5, 5.41) is 2.17. The molecule has 0 N–H and O–H groups in total. The molecule has 19 heavy (non-hydrogen) atoms. The Morgan fingerprint density at radius 3 is 2.37 bits per heavy atom. The van der Waals surface area contributed by atoms with Crippen LogP contribution in [-0.2, 0) is 0 Å². The fourth-order valence-electron chi connectivity index (χ4n) is 2.03. The number of rotatable bonds is 1. The van der Waals surface area contributed by atoms with Crippen LogP contribution in [-0.4, -0.2) is 5.91 Å². The van der Waals surface area contributed by atoms with Crippen LogP contribution in [0.5, 0.6) is 0 Å². The van der Waals surface area contributed by atoms with Gasteiger partial charge in [-0.05, 0) is 39.5 Å². The first-order valence-electron chi connectivity index (χ1n) is 5.95. The van der Waals surface area contributed by atoms with Gasteiger partial charge in [0, 0.05) is 15.9 Å². The Kier molecular flexibility index (Phi) is 3.13. The zero-order valence-corrected chi connectivity index (χ0v) is 11.7. The first kappa shape index (κ1) is 12.1. The minimum Gasteiger partial charge on any atom is -0.214 e. The summed E-state index contributed by atoms with van der Waals surface area (Å²) in [4.78, 5) is 12.4. The molecule has 1 aromatic heterocycles. The molecule has 0 radical (unpaired) electrons. The summed E-state index contributed by atoms with van der Waals surface area (Å²) in [6.07, 6.45) is 3.65. The van der Waals surface area contributed by atoms with Crippen molar-refractivity contribution in [1.82, 2.24) is 0 Å². The van der Waals surface area contributed by atoms with Gasteiger partial charge in [-0.1, -0.05) is 30.3 Å². The van der Waals surface area contributed by atoms with Gasteiger partial charge in [0.05, 0.1) is 0 Å². The number of hydrogen-bond acceptors (Lipinski definition) is 1. The van der Waals surface area contributed by atoms with Crippen LogP contribution in [0.25, 0.3) is 10.8 Å². The molecule has 1 heterocycles. The molecular formula is C16H11BrNO+. The largest absolute Gasteiger partial charge is 0.425 e. The number of fused-ring (bicyclic) bond motifs is 1. The first-order chi connectivity index (χ1) is 9.25. The van der Waals surface area contributed by atoms with E-state index in [2.05, 4.69) is 15.9 Å². The average Bonchev–Trinajstić information content (AvgIpc) is 2.46. The van der Waals surface area contributed by atoms with Crippen molar-refractivity contribution >= 4 is 32.6 Å². The van der Waals surface area contributed by atoms with Gasteiger partial charge in [0.25, 0.3) is 0 Å². The maximum atomic E-state index is 12.4. The summed E-state index contributed by atoms with van der Waals surface area (Å²) < 4.78 is 2.42. The number of aromatic nitrogens is 1. The lowest BCUT2D eigenvalue weighted by Crippen LogP contribution is -2.42. The molecule has 3 aromatic rings. The van der Waals surface area contributed by atoms with Gasteiger partial charge in [0.15, 0.2) is 12.4 Å². The lowest BCUT2D eigenvalue weighted by molar-refractivity contribution is -0.569. The number of nitrogens with zero attached hydrogens (tertiary/aromatic N) is 1. The van der Waals surface area contributed by atoms with Crippen LogP contribution in [0.4, 0.5) is 0 Å². The van der Waals surface area contributed by atoms with Gasteiger partial charge in [-0.2, -0.15) is 0 Å². The Hall–Kier alpha value is -2.00. The lowest BCUT2D eigenvalue weighted by Gasteiger charge is -1.99. The van der Waals surface area contributed by atoms with Gasteiger partial charge in [0.2, 0.25) is 0 Å². The second-order valence-corrected chi connectivity index (χ2v) is 5.12. The molecule has 0 bridgehead atoms. The normalized spacial score (nSPS) is 10.6. The highest BCUT2D eigenvalue weighted by Crippen LogP contribution is 2.16. The van der Waals surface area contributed by atoms with E-state index in [1.165, 1.54) is 0 Å². The van der Waals surface area contributed by atoms with Gasteiger partial charge in [0.1, 0.15) is 5.56 Å². The number of pyridine rings is 1. The van der Waals surface area contributed by atoms with Crippen molar-refractivity contribution in [2.75, 3.05) is 0 Å². The predicted molar refractivity (Wildman–Crippen MR) is 78.0 cm³/mol. The summed E-state index contributed by atoms with van der Waals surface area (Å²) >= 11 is 3.41. The third kappa shape index (κ3) is 2.29. The van der Waals surface area contributed by atoms with Crippen molar-refractivity contribution in [2.24, 2.45) is 0 Å². The van der Waals surface area contributed by atoms with Crippen LogP contribution in [0.1, 0.15) is 10.4 Å². The molecule has 0 saturated carbocycles. The maximum absolute atomic E-state index is 12.4. The number of halogens is 1. The van der Waals surface area contributed by atoms with Crippen LogP contribution in [0.15, 0.2) is 71.5 Å². The molecule has 3 rings (SSSR count). The molecular weight excluding hydrogens is 302 g/mol.